The molecule has 1 heterocycles. The smallest absolute Gasteiger partial charge is 0.0293 e. The highest BCUT2D eigenvalue weighted by molar-refractivity contribution is 7.07. The van der Waals surface area contributed by atoms with Crippen LogP contribution in [0.3, 0.4) is 0 Å². The fourth-order valence-corrected chi connectivity index (χ4v) is 4.45. The van der Waals surface area contributed by atoms with Gasteiger partial charge < -0.3 is 0 Å². The molecule has 0 fully saturated rings. The van der Waals surface area contributed by atoms with E-state index in [0.29, 0.717) is 0 Å². The van der Waals surface area contributed by atoms with E-state index >= 15 is 0 Å². The van der Waals surface area contributed by atoms with Crippen LogP contribution in [0.25, 0.3) is 0 Å². The molecule has 0 amide bonds. The minimum absolute atomic E-state index is 0.772. The van der Waals surface area contributed by atoms with Gasteiger partial charge in [0.25, 0.3) is 0 Å². The van der Waals surface area contributed by atoms with Gasteiger partial charge in [-0.2, -0.15) is 11.3 Å². The first-order valence-corrected chi connectivity index (χ1v) is 13.6. The number of hydrogen-bond donors (Lipinski definition) is 0. The number of thiophene rings is 1. The Morgan fingerprint density at radius 2 is 1.12 bits per heavy atom. The molecule has 0 aliphatic rings. The number of aryl methyl sites for hydroxylation is 1. The Kier molecular flexibility index (Phi) is 16.2. The molecule has 0 aromatic carbocycles. The van der Waals surface area contributed by atoms with Crippen molar-refractivity contribution in [3.63, 3.8) is 0 Å². The molecule has 0 saturated carbocycles. The van der Waals surface area contributed by atoms with Gasteiger partial charge in [-0.05, 0) is 121 Å². The fraction of sp³-hybridized carbons (Fsp3) is 0.500. The van der Waals surface area contributed by atoms with Crippen molar-refractivity contribution in [3.05, 3.63) is 80.6 Å². The molecule has 0 radical (unpaired) electrons. The van der Waals surface area contributed by atoms with Crippen molar-refractivity contribution in [3.8, 4) is 12.3 Å². The molecule has 1 heteroatoms. The highest BCUT2D eigenvalue weighted by Gasteiger charge is 1.96. The SMILES string of the molecule is C#CC/C(C)=C/CC/C(C)=C/CC/C(C)=C/CC/C(C)=C/CC/C(C)=C/CCc1ccsc1. The first-order chi connectivity index (χ1) is 15.9. The molecule has 0 N–H and O–H groups in total. The Balaban J connectivity index is 2.19. The van der Waals surface area contributed by atoms with Gasteiger partial charge in [-0.3, -0.25) is 0 Å². The molecule has 1 aromatic heterocycles. The van der Waals surface area contributed by atoms with Gasteiger partial charge in [0.15, 0.2) is 0 Å². The number of rotatable bonds is 16. The summed E-state index contributed by atoms with van der Waals surface area (Å²) in [5.74, 6) is 2.71. The van der Waals surface area contributed by atoms with E-state index < -0.39 is 0 Å². The van der Waals surface area contributed by atoms with E-state index in [1.807, 2.05) is 0 Å². The molecule has 0 aliphatic carbocycles. The molecule has 33 heavy (non-hydrogen) atoms. The Morgan fingerprint density at radius 1 is 0.697 bits per heavy atom. The lowest BCUT2D eigenvalue weighted by atomic mass is 10.0. The van der Waals surface area contributed by atoms with Crippen molar-refractivity contribution >= 4 is 11.3 Å². The van der Waals surface area contributed by atoms with Gasteiger partial charge in [0.2, 0.25) is 0 Å². The molecule has 0 bridgehead atoms. The van der Waals surface area contributed by atoms with E-state index in [2.05, 4.69) is 87.7 Å². The van der Waals surface area contributed by atoms with Crippen LogP contribution in [0.15, 0.2) is 75.1 Å². The third-order valence-electron chi connectivity index (χ3n) is 6.01. The lowest BCUT2D eigenvalue weighted by Gasteiger charge is -2.03. The average Bonchev–Trinajstić information content (AvgIpc) is 3.27. The molecule has 180 valence electrons. The maximum absolute atomic E-state index is 5.35. The molecule has 0 atom stereocenters. The quantitative estimate of drug-likeness (QED) is 0.169. The second kappa shape index (κ2) is 18.4. The molecular weight excluding hydrogens is 416 g/mol. The van der Waals surface area contributed by atoms with Gasteiger partial charge in [0.05, 0.1) is 0 Å². The van der Waals surface area contributed by atoms with Crippen LogP contribution in [0, 0.1) is 12.3 Å². The average molecular weight is 463 g/mol. The lowest BCUT2D eigenvalue weighted by molar-refractivity contribution is 0.887. The van der Waals surface area contributed by atoms with Crippen molar-refractivity contribution < 1.29 is 0 Å². The molecule has 0 unspecified atom stereocenters. The van der Waals surface area contributed by atoms with Gasteiger partial charge in [0.1, 0.15) is 0 Å². The van der Waals surface area contributed by atoms with Crippen LogP contribution in [-0.4, -0.2) is 0 Å². The number of terminal acetylenes is 1. The van der Waals surface area contributed by atoms with Crippen molar-refractivity contribution in [1.29, 1.82) is 0 Å². The topological polar surface area (TPSA) is 0 Å². The first kappa shape index (κ1) is 29.0. The molecule has 0 saturated heterocycles. The summed E-state index contributed by atoms with van der Waals surface area (Å²) in [4.78, 5) is 0. The van der Waals surface area contributed by atoms with Crippen LogP contribution >= 0.6 is 11.3 Å². The molecule has 0 nitrogen and oxygen atoms in total. The van der Waals surface area contributed by atoms with Crippen LogP contribution in [-0.2, 0) is 6.42 Å². The summed E-state index contributed by atoms with van der Waals surface area (Å²) in [7, 11) is 0. The van der Waals surface area contributed by atoms with Crippen LogP contribution in [0.1, 0.15) is 104 Å². The zero-order valence-corrected chi connectivity index (χ0v) is 22.7. The Morgan fingerprint density at radius 3 is 1.52 bits per heavy atom. The van der Waals surface area contributed by atoms with E-state index in [0.717, 1.165) is 44.9 Å². The van der Waals surface area contributed by atoms with Gasteiger partial charge in [-0.25, -0.2) is 0 Å². The fourth-order valence-electron chi connectivity index (χ4n) is 3.75. The Bertz CT molecular complexity index is 847. The zero-order chi connectivity index (χ0) is 24.3. The summed E-state index contributed by atoms with van der Waals surface area (Å²) in [6.45, 7) is 11.2. The van der Waals surface area contributed by atoms with E-state index in [1.54, 1.807) is 11.3 Å². The van der Waals surface area contributed by atoms with Crippen LogP contribution in [0.4, 0.5) is 0 Å². The van der Waals surface area contributed by atoms with Gasteiger partial charge >= 0.3 is 0 Å². The molecule has 0 aliphatic heterocycles. The highest BCUT2D eigenvalue weighted by Crippen LogP contribution is 2.16. The minimum Gasteiger partial charge on any atom is -0.152 e. The summed E-state index contributed by atoms with van der Waals surface area (Å²) < 4.78 is 0. The van der Waals surface area contributed by atoms with Crippen molar-refractivity contribution in [2.24, 2.45) is 0 Å². The summed E-state index contributed by atoms with van der Waals surface area (Å²) >= 11 is 1.79. The minimum atomic E-state index is 0.772. The lowest BCUT2D eigenvalue weighted by Crippen LogP contribution is -1.84. The molecule has 1 aromatic rings. The maximum atomic E-state index is 5.35. The van der Waals surface area contributed by atoms with Crippen LogP contribution in [0.2, 0.25) is 0 Å². The van der Waals surface area contributed by atoms with Crippen molar-refractivity contribution in [2.45, 2.75) is 105 Å². The van der Waals surface area contributed by atoms with Gasteiger partial charge in [-0.15, -0.1) is 12.3 Å². The zero-order valence-electron chi connectivity index (χ0n) is 21.9. The standard InChI is InChI=1S/C32H46S/c1-7-13-27(2)14-8-15-28(3)16-9-17-29(4)18-10-19-30(5)20-11-21-31(6)22-12-23-32-24-25-33-26-32/h1,14,16,18,20,22,24-26H,8-13,15,17,19,21,23H2,2-6H3/b27-14+,28-16+,29-18+,30-20+,31-22+. The summed E-state index contributed by atoms with van der Waals surface area (Å²) in [6, 6.07) is 2.23. The number of allylic oxidation sites excluding steroid dienone is 10. The van der Waals surface area contributed by atoms with Gasteiger partial charge in [0, 0.05) is 6.42 Å². The van der Waals surface area contributed by atoms with Crippen LogP contribution in [0.5, 0.6) is 0 Å². The van der Waals surface area contributed by atoms with Crippen molar-refractivity contribution in [1.82, 2.24) is 0 Å². The van der Waals surface area contributed by atoms with Gasteiger partial charge in [-0.1, -0.05) is 58.2 Å². The summed E-state index contributed by atoms with van der Waals surface area (Å²) in [6.07, 6.45) is 29.7. The summed E-state index contributed by atoms with van der Waals surface area (Å²) in [5, 5.41) is 4.42. The summed E-state index contributed by atoms with van der Waals surface area (Å²) in [5.41, 5.74) is 8.82. The molecular formula is C32H46S. The third-order valence-corrected chi connectivity index (χ3v) is 6.74. The van der Waals surface area contributed by atoms with Crippen molar-refractivity contribution in [2.75, 3.05) is 0 Å². The largest absolute Gasteiger partial charge is 0.152 e. The predicted molar refractivity (Wildman–Crippen MR) is 152 cm³/mol. The highest BCUT2D eigenvalue weighted by atomic mass is 32.1. The Labute approximate surface area is 209 Å². The molecule has 0 spiro atoms. The third kappa shape index (κ3) is 16.3. The normalized spacial score (nSPS) is 14.0. The van der Waals surface area contributed by atoms with E-state index in [9.17, 15) is 0 Å². The Hall–Kier alpha value is -2.04. The maximum Gasteiger partial charge on any atom is 0.0293 e. The second-order valence-electron chi connectivity index (χ2n) is 9.46. The molecule has 1 rings (SSSR count). The first-order valence-electron chi connectivity index (χ1n) is 12.6. The van der Waals surface area contributed by atoms with Crippen LogP contribution < -0.4 is 0 Å². The van der Waals surface area contributed by atoms with E-state index in [-0.39, 0.29) is 0 Å². The predicted octanol–water partition coefficient (Wildman–Crippen LogP) is 10.6. The monoisotopic (exact) mass is 462 g/mol. The van der Waals surface area contributed by atoms with E-state index in [4.69, 9.17) is 6.42 Å². The van der Waals surface area contributed by atoms with E-state index in [1.165, 1.54) is 59.1 Å². The number of hydrogen-bond acceptors (Lipinski definition) is 1. The second-order valence-corrected chi connectivity index (χ2v) is 10.2.